The van der Waals surface area contributed by atoms with Gasteiger partial charge in [-0.05, 0) is 47.2 Å². The smallest absolute Gasteiger partial charge is 0.244 e. The molecule has 9 heteroatoms. The van der Waals surface area contributed by atoms with E-state index in [1.807, 2.05) is 6.92 Å². The molecule has 0 amide bonds. The van der Waals surface area contributed by atoms with Gasteiger partial charge in [0.25, 0.3) is 0 Å². The molecule has 0 saturated carbocycles. The first-order valence-corrected chi connectivity index (χ1v) is 8.91. The maximum atomic E-state index is 13.9. The van der Waals surface area contributed by atoms with E-state index in [0.717, 1.165) is 5.56 Å². The van der Waals surface area contributed by atoms with E-state index in [-0.39, 0.29) is 21.5 Å². The van der Waals surface area contributed by atoms with E-state index in [4.69, 9.17) is 23.2 Å². The Kier molecular flexibility index (Phi) is 4.93. The Morgan fingerprint density at radius 2 is 2.00 bits per heavy atom. The zero-order valence-corrected chi connectivity index (χ0v) is 14.7. The molecule has 0 aliphatic heterocycles. The van der Waals surface area contributed by atoms with Gasteiger partial charge in [-0.2, -0.15) is 4.68 Å². The summed E-state index contributed by atoms with van der Waals surface area (Å²) < 4.78 is 27.8. The molecule has 3 rings (SSSR count). The van der Waals surface area contributed by atoms with Gasteiger partial charge in [-0.1, -0.05) is 40.4 Å². The lowest BCUT2D eigenvalue weighted by molar-refractivity contribution is 0.614. The Hall–Kier alpha value is -1.83. The lowest BCUT2D eigenvalue weighted by atomic mass is 10.2. The molecular formula is C15H11Cl2FN4OS. The van der Waals surface area contributed by atoms with Gasteiger partial charge in [0.2, 0.25) is 5.16 Å². The van der Waals surface area contributed by atoms with Crippen LogP contribution in [0.4, 0.5) is 4.39 Å². The number of rotatable bonds is 4. The second-order valence-corrected chi connectivity index (χ2v) is 7.16. The molecule has 0 N–H and O–H groups in total. The van der Waals surface area contributed by atoms with Crippen LogP contribution in [0.5, 0.6) is 0 Å². The van der Waals surface area contributed by atoms with Crippen molar-refractivity contribution in [1.29, 1.82) is 0 Å². The monoisotopic (exact) mass is 384 g/mol. The van der Waals surface area contributed by atoms with Gasteiger partial charge in [0.05, 0.1) is 22.2 Å². The summed E-state index contributed by atoms with van der Waals surface area (Å²) in [5, 5.41) is 12.0. The number of hydrogen-bond acceptors (Lipinski definition) is 4. The molecule has 0 fully saturated rings. The first kappa shape index (κ1) is 17.0. The summed E-state index contributed by atoms with van der Waals surface area (Å²) >= 11 is 12.1. The fourth-order valence-electron chi connectivity index (χ4n) is 2.06. The zero-order chi connectivity index (χ0) is 17.3. The van der Waals surface area contributed by atoms with Crippen molar-refractivity contribution in [2.45, 2.75) is 17.8 Å². The number of benzene rings is 2. The third kappa shape index (κ3) is 3.33. The predicted molar refractivity (Wildman–Crippen MR) is 90.4 cm³/mol. The third-order valence-corrected chi connectivity index (χ3v) is 5.36. The quantitative estimate of drug-likeness (QED) is 0.687. The number of halogens is 3. The summed E-state index contributed by atoms with van der Waals surface area (Å²) in [6.45, 7) is 1.87. The highest BCUT2D eigenvalue weighted by Gasteiger charge is 2.19. The topological polar surface area (TPSA) is 60.7 Å². The van der Waals surface area contributed by atoms with Crippen molar-refractivity contribution >= 4 is 34.0 Å². The molecule has 1 aromatic heterocycles. The molecule has 0 aliphatic rings. The molecule has 0 spiro atoms. The van der Waals surface area contributed by atoms with Crippen LogP contribution in [-0.4, -0.2) is 24.4 Å². The van der Waals surface area contributed by atoms with Crippen molar-refractivity contribution in [2.75, 3.05) is 0 Å². The van der Waals surface area contributed by atoms with Crippen LogP contribution >= 0.6 is 23.2 Å². The van der Waals surface area contributed by atoms with Gasteiger partial charge in [-0.3, -0.25) is 4.21 Å². The molecule has 0 bridgehead atoms. The Balaban J connectivity index is 1.95. The Bertz CT molecular complexity index is 911. The molecule has 0 aliphatic carbocycles. The van der Waals surface area contributed by atoms with E-state index in [1.165, 1.54) is 16.8 Å². The van der Waals surface area contributed by atoms with E-state index >= 15 is 0 Å². The normalized spacial score (nSPS) is 12.3. The maximum absolute atomic E-state index is 13.9. The molecular weight excluding hydrogens is 374 g/mol. The van der Waals surface area contributed by atoms with Crippen LogP contribution in [0.3, 0.4) is 0 Å². The summed E-state index contributed by atoms with van der Waals surface area (Å²) in [5.74, 6) is -0.654. The molecule has 0 unspecified atom stereocenters. The van der Waals surface area contributed by atoms with Gasteiger partial charge >= 0.3 is 0 Å². The average Bonchev–Trinajstić information content (AvgIpc) is 3.03. The van der Waals surface area contributed by atoms with Crippen LogP contribution in [0.25, 0.3) is 5.69 Å². The molecule has 1 atom stereocenters. The van der Waals surface area contributed by atoms with Crippen molar-refractivity contribution in [3.63, 3.8) is 0 Å². The Morgan fingerprint density at radius 3 is 2.71 bits per heavy atom. The molecule has 2 aromatic carbocycles. The summed E-state index contributed by atoms with van der Waals surface area (Å²) in [6, 6.07) is 9.53. The Labute approximate surface area is 149 Å². The van der Waals surface area contributed by atoms with E-state index in [0.29, 0.717) is 10.7 Å². The molecule has 1 heterocycles. The van der Waals surface area contributed by atoms with E-state index < -0.39 is 16.6 Å². The van der Waals surface area contributed by atoms with E-state index in [2.05, 4.69) is 15.5 Å². The minimum Gasteiger partial charge on any atom is -0.251 e. The highest BCUT2D eigenvalue weighted by molar-refractivity contribution is 7.84. The van der Waals surface area contributed by atoms with Crippen LogP contribution < -0.4 is 0 Å². The largest absolute Gasteiger partial charge is 0.251 e. The number of nitrogens with zero attached hydrogens (tertiary/aromatic N) is 4. The molecule has 0 saturated heterocycles. The standard InChI is InChI=1S/C15H11Cl2FN4OS/c1-9-5-6-10(7-13(9)17)22-15(19-20-21-22)24(23)8-11-12(16)3-2-4-14(11)18/h2-7H,8H2,1H3/t24-/m0/s1. The predicted octanol–water partition coefficient (Wildman–Crippen LogP) is 3.72. The molecule has 124 valence electrons. The van der Waals surface area contributed by atoms with Crippen molar-refractivity contribution in [2.24, 2.45) is 0 Å². The summed E-state index contributed by atoms with van der Waals surface area (Å²) in [7, 11) is -1.69. The van der Waals surface area contributed by atoms with Crippen LogP contribution in [0.1, 0.15) is 11.1 Å². The van der Waals surface area contributed by atoms with Gasteiger partial charge in [0.1, 0.15) is 5.82 Å². The minimum absolute atomic E-state index is 0.0919. The van der Waals surface area contributed by atoms with Gasteiger partial charge in [-0.25, -0.2) is 4.39 Å². The first-order chi connectivity index (χ1) is 11.5. The lowest BCUT2D eigenvalue weighted by Crippen LogP contribution is -2.08. The van der Waals surface area contributed by atoms with Crippen molar-refractivity contribution in [3.05, 3.63) is 63.4 Å². The second-order valence-electron chi connectivity index (χ2n) is 5.00. The van der Waals surface area contributed by atoms with Crippen molar-refractivity contribution in [1.82, 2.24) is 20.2 Å². The lowest BCUT2D eigenvalue weighted by Gasteiger charge is -2.08. The molecule has 5 nitrogen and oxygen atoms in total. The average molecular weight is 385 g/mol. The highest BCUT2D eigenvalue weighted by atomic mass is 35.5. The van der Waals surface area contributed by atoms with Crippen molar-refractivity contribution < 1.29 is 8.60 Å². The van der Waals surface area contributed by atoms with Crippen LogP contribution in [-0.2, 0) is 16.6 Å². The number of aromatic nitrogens is 4. The van der Waals surface area contributed by atoms with Crippen molar-refractivity contribution in [3.8, 4) is 5.69 Å². The maximum Gasteiger partial charge on any atom is 0.244 e. The summed E-state index contributed by atoms with van der Waals surface area (Å²) in [5.41, 5.74) is 1.63. The fraction of sp³-hybridized carbons (Fsp3) is 0.133. The summed E-state index contributed by atoms with van der Waals surface area (Å²) in [6.07, 6.45) is 0. The van der Waals surface area contributed by atoms with Crippen LogP contribution in [0.2, 0.25) is 10.0 Å². The molecule has 0 radical (unpaired) electrons. The zero-order valence-electron chi connectivity index (χ0n) is 12.4. The minimum atomic E-state index is -1.69. The fourth-order valence-corrected chi connectivity index (χ4v) is 3.69. The number of aryl methyl sites for hydroxylation is 1. The van der Waals surface area contributed by atoms with Gasteiger partial charge < -0.3 is 0 Å². The van der Waals surface area contributed by atoms with Gasteiger partial charge in [-0.15, -0.1) is 0 Å². The van der Waals surface area contributed by atoms with E-state index in [9.17, 15) is 8.60 Å². The second kappa shape index (κ2) is 6.96. The SMILES string of the molecule is Cc1ccc(-n2nnnc2[S@@](=O)Cc2c(F)cccc2Cl)cc1Cl. The molecule has 3 aromatic rings. The van der Waals surface area contributed by atoms with Crippen LogP contribution in [0.15, 0.2) is 41.6 Å². The number of tetrazole rings is 1. The molecule has 24 heavy (non-hydrogen) atoms. The van der Waals surface area contributed by atoms with E-state index in [1.54, 1.807) is 24.3 Å². The van der Waals surface area contributed by atoms with Gasteiger partial charge in [0.15, 0.2) is 0 Å². The van der Waals surface area contributed by atoms with Gasteiger partial charge in [0, 0.05) is 15.6 Å². The van der Waals surface area contributed by atoms with Crippen LogP contribution in [0, 0.1) is 12.7 Å². The summed E-state index contributed by atoms with van der Waals surface area (Å²) in [4.78, 5) is 0. The first-order valence-electron chi connectivity index (χ1n) is 6.83. The Morgan fingerprint density at radius 1 is 1.21 bits per heavy atom. The highest BCUT2D eigenvalue weighted by Crippen LogP contribution is 2.24. The third-order valence-electron chi connectivity index (χ3n) is 3.38. The number of hydrogen-bond donors (Lipinski definition) is 0.